The van der Waals surface area contributed by atoms with Gasteiger partial charge in [-0.3, -0.25) is 4.79 Å². The number of carbonyl (C=O) groups is 2. The molecule has 0 aromatic heterocycles. The van der Waals surface area contributed by atoms with E-state index in [-0.39, 0.29) is 6.42 Å². The first-order valence-electron chi connectivity index (χ1n) is 7.17. The van der Waals surface area contributed by atoms with Gasteiger partial charge >= 0.3 is 11.9 Å². The predicted octanol–water partition coefficient (Wildman–Crippen LogP) is 3.39. The first-order valence-corrected chi connectivity index (χ1v) is 7.17. The van der Waals surface area contributed by atoms with Gasteiger partial charge in [-0.15, -0.1) is 5.73 Å². The molecule has 0 aromatic rings. The third-order valence-corrected chi connectivity index (χ3v) is 3.10. The molecule has 0 spiro atoms. The molecule has 0 saturated carbocycles. The molecule has 1 aliphatic carbocycles. The number of hydrogen-bond acceptors (Lipinski definition) is 3. The number of esters is 1. The normalized spacial score (nSPS) is 13.9. The molecule has 0 fully saturated rings. The molecule has 0 radical (unpaired) electrons. The van der Waals surface area contributed by atoms with Gasteiger partial charge in [0, 0.05) is 6.42 Å². The zero-order chi connectivity index (χ0) is 14.8. The van der Waals surface area contributed by atoms with Gasteiger partial charge in [-0.25, -0.2) is 4.79 Å². The summed E-state index contributed by atoms with van der Waals surface area (Å²) in [6.45, 7) is 2.06. The fourth-order valence-electron chi connectivity index (χ4n) is 2.04. The van der Waals surface area contributed by atoms with Gasteiger partial charge in [0.25, 0.3) is 0 Å². The summed E-state index contributed by atoms with van der Waals surface area (Å²) in [5.41, 5.74) is 4.62. The zero-order valence-corrected chi connectivity index (χ0v) is 12.0. The Morgan fingerprint density at radius 2 is 2.20 bits per heavy atom. The van der Waals surface area contributed by atoms with E-state index in [2.05, 4.69) is 11.8 Å². The fourth-order valence-corrected chi connectivity index (χ4v) is 2.04. The highest BCUT2D eigenvalue weighted by atomic mass is 16.5. The Labute approximate surface area is 119 Å². The molecule has 0 aliphatic heterocycles. The van der Waals surface area contributed by atoms with E-state index in [0.717, 1.165) is 19.3 Å². The van der Waals surface area contributed by atoms with Gasteiger partial charge in [0.1, 0.15) is 0 Å². The number of carboxylic acid groups (broad SMARTS) is 1. The van der Waals surface area contributed by atoms with E-state index in [1.807, 2.05) is 6.08 Å². The Morgan fingerprint density at radius 1 is 1.40 bits per heavy atom. The monoisotopic (exact) mass is 278 g/mol. The van der Waals surface area contributed by atoms with Gasteiger partial charge in [-0.05, 0) is 57.1 Å². The van der Waals surface area contributed by atoms with Gasteiger partial charge in [0.15, 0.2) is 0 Å². The minimum atomic E-state index is -0.854. The summed E-state index contributed by atoms with van der Waals surface area (Å²) in [5.74, 6) is -1.25. The van der Waals surface area contributed by atoms with E-state index < -0.39 is 11.9 Å². The first-order chi connectivity index (χ1) is 9.63. The van der Waals surface area contributed by atoms with E-state index in [9.17, 15) is 9.59 Å². The van der Waals surface area contributed by atoms with Crippen molar-refractivity contribution in [3.8, 4) is 0 Å². The van der Waals surface area contributed by atoms with Crippen LogP contribution in [-0.2, 0) is 14.3 Å². The van der Waals surface area contributed by atoms with E-state index in [1.54, 1.807) is 6.92 Å². The van der Waals surface area contributed by atoms with Crippen molar-refractivity contribution in [2.75, 3.05) is 6.61 Å². The first kappa shape index (κ1) is 16.3. The fraction of sp³-hybridized carbons (Fsp3) is 0.562. The SMILES string of the molecule is CCOC(=O)C(=C=CC1=CCCCC1)CCCC(=O)O. The largest absolute Gasteiger partial charge is 0.481 e. The lowest BCUT2D eigenvalue weighted by Gasteiger charge is -2.07. The Hall–Kier alpha value is -1.80. The van der Waals surface area contributed by atoms with Crippen LogP contribution in [0.4, 0.5) is 0 Å². The van der Waals surface area contributed by atoms with Crippen molar-refractivity contribution in [1.29, 1.82) is 0 Å². The summed E-state index contributed by atoms with van der Waals surface area (Å²) in [4.78, 5) is 22.3. The van der Waals surface area contributed by atoms with Crippen LogP contribution >= 0.6 is 0 Å². The van der Waals surface area contributed by atoms with Crippen LogP contribution in [0.25, 0.3) is 0 Å². The topological polar surface area (TPSA) is 63.6 Å². The highest BCUT2D eigenvalue weighted by Gasteiger charge is 2.11. The molecule has 0 bridgehead atoms. The van der Waals surface area contributed by atoms with Crippen molar-refractivity contribution in [3.63, 3.8) is 0 Å². The standard InChI is InChI=1S/C16H22O4/c1-2-20-16(19)14(9-6-10-15(17)18)12-11-13-7-4-3-5-8-13/h7,11H,2-6,8-10H2,1H3,(H,17,18). The molecule has 4 heteroatoms. The lowest BCUT2D eigenvalue weighted by molar-refractivity contribution is -0.139. The third kappa shape index (κ3) is 6.39. The highest BCUT2D eigenvalue weighted by Crippen LogP contribution is 2.18. The van der Waals surface area contributed by atoms with Crippen LogP contribution in [-0.4, -0.2) is 23.7 Å². The molecule has 20 heavy (non-hydrogen) atoms. The second-order valence-electron chi connectivity index (χ2n) is 4.76. The molecule has 1 N–H and O–H groups in total. The second-order valence-corrected chi connectivity index (χ2v) is 4.76. The molecule has 110 valence electrons. The number of hydrogen-bond donors (Lipinski definition) is 1. The summed E-state index contributed by atoms with van der Waals surface area (Å²) in [6, 6.07) is 0. The predicted molar refractivity (Wildman–Crippen MR) is 76.3 cm³/mol. The summed E-state index contributed by atoms with van der Waals surface area (Å²) in [5, 5.41) is 8.64. The van der Waals surface area contributed by atoms with E-state index in [4.69, 9.17) is 9.84 Å². The Kier molecular flexibility index (Phi) is 7.44. The van der Waals surface area contributed by atoms with Crippen LogP contribution in [0.5, 0.6) is 0 Å². The maximum Gasteiger partial charge on any atom is 0.341 e. The average Bonchev–Trinajstić information content (AvgIpc) is 2.43. The minimum absolute atomic E-state index is 0.0489. The van der Waals surface area contributed by atoms with Gasteiger partial charge in [0.05, 0.1) is 12.2 Å². The van der Waals surface area contributed by atoms with Crippen molar-refractivity contribution in [2.45, 2.75) is 51.9 Å². The lowest BCUT2D eigenvalue weighted by Crippen LogP contribution is -2.07. The quantitative estimate of drug-likeness (QED) is 0.440. The van der Waals surface area contributed by atoms with Crippen LogP contribution in [0.15, 0.2) is 29.0 Å². The summed E-state index contributed by atoms with van der Waals surface area (Å²) < 4.78 is 4.98. The van der Waals surface area contributed by atoms with Crippen molar-refractivity contribution in [3.05, 3.63) is 29.0 Å². The lowest BCUT2D eigenvalue weighted by atomic mass is 9.99. The Morgan fingerprint density at radius 3 is 2.80 bits per heavy atom. The third-order valence-electron chi connectivity index (χ3n) is 3.10. The van der Waals surface area contributed by atoms with Crippen LogP contribution < -0.4 is 0 Å². The maximum absolute atomic E-state index is 11.8. The molecular formula is C16H22O4. The molecule has 1 aliphatic rings. The van der Waals surface area contributed by atoms with Crippen LogP contribution in [0, 0.1) is 0 Å². The highest BCUT2D eigenvalue weighted by molar-refractivity contribution is 5.88. The molecule has 0 unspecified atom stereocenters. The molecule has 0 heterocycles. The number of ether oxygens (including phenoxy) is 1. The van der Waals surface area contributed by atoms with Gasteiger partial charge in [0.2, 0.25) is 0 Å². The zero-order valence-electron chi connectivity index (χ0n) is 12.0. The van der Waals surface area contributed by atoms with Gasteiger partial charge in [-0.2, -0.15) is 0 Å². The van der Waals surface area contributed by atoms with Crippen LogP contribution in [0.1, 0.15) is 51.9 Å². The number of aliphatic carboxylic acids is 1. The van der Waals surface area contributed by atoms with Gasteiger partial charge < -0.3 is 9.84 Å². The van der Waals surface area contributed by atoms with Crippen LogP contribution in [0.3, 0.4) is 0 Å². The Bertz CT molecular complexity index is 439. The number of carbonyl (C=O) groups excluding carboxylic acids is 1. The second kappa shape index (κ2) is 9.16. The molecule has 0 atom stereocenters. The number of carboxylic acids is 1. The summed E-state index contributed by atoms with van der Waals surface area (Å²) in [7, 11) is 0. The van der Waals surface area contributed by atoms with E-state index >= 15 is 0 Å². The summed E-state index contributed by atoms with van der Waals surface area (Å²) >= 11 is 0. The molecule has 0 saturated heterocycles. The Balaban J connectivity index is 2.74. The summed E-state index contributed by atoms with van der Waals surface area (Å²) in [6.07, 6.45) is 9.32. The molecule has 0 amide bonds. The number of allylic oxidation sites excluding steroid dienone is 2. The molecule has 0 aromatic carbocycles. The molecular weight excluding hydrogens is 256 g/mol. The van der Waals surface area contributed by atoms with Crippen molar-refractivity contribution in [1.82, 2.24) is 0 Å². The molecule has 1 rings (SSSR count). The number of rotatable bonds is 7. The molecule has 4 nitrogen and oxygen atoms in total. The van der Waals surface area contributed by atoms with E-state index in [1.165, 1.54) is 12.0 Å². The smallest absolute Gasteiger partial charge is 0.341 e. The maximum atomic E-state index is 11.8. The minimum Gasteiger partial charge on any atom is -0.481 e. The van der Waals surface area contributed by atoms with Crippen molar-refractivity contribution in [2.24, 2.45) is 0 Å². The van der Waals surface area contributed by atoms with Gasteiger partial charge in [-0.1, -0.05) is 6.08 Å². The van der Waals surface area contributed by atoms with E-state index in [0.29, 0.717) is 25.0 Å². The average molecular weight is 278 g/mol. The van der Waals surface area contributed by atoms with Crippen molar-refractivity contribution < 1.29 is 19.4 Å². The van der Waals surface area contributed by atoms with Crippen LogP contribution in [0.2, 0.25) is 0 Å². The van der Waals surface area contributed by atoms with Crippen molar-refractivity contribution >= 4 is 11.9 Å².